The van der Waals surface area contributed by atoms with E-state index < -0.39 is 0 Å². The molecule has 31 heavy (non-hydrogen) atoms. The first kappa shape index (κ1) is 25.2. The molecule has 0 amide bonds. The van der Waals surface area contributed by atoms with E-state index in [4.69, 9.17) is 14.2 Å². The molecule has 1 heterocycles. The van der Waals surface area contributed by atoms with E-state index >= 15 is 0 Å². The molecule has 1 fully saturated rings. The number of guanidine groups is 1. The number of aliphatic imine (C=N–C) groups is 1. The molecule has 2 N–H and O–H groups in total. The van der Waals surface area contributed by atoms with Crippen molar-refractivity contribution in [3.05, 3.63) is 48.2 Å². The monoisotopic (exact) mass is 540 g/mol. The summed E-state index contributed by atoms with van der Waals surface area (Å²) in [6.45, 7) is 5.42. The molecule has 0 radical (unpaired) electrons. The Balaban J connectivity index is 0.00000341. The maximum absolute atomic E-state index is 5.77. The van der Waals surface area contributed by atoms with E-state index in [1.54, 1.807) is 7.11 Å². The van der Waals surface area contributed by atoms with E-state index in [2.05, 4.69) is 20.6 Å². The summed E-state index contributed by atoms with van der Waals surface area (Å²) in [5, 5.41) is 6.60. The molecule has 3 rings (SSSR count). The van der Waals surface area contributed by atoms with E-state index in [1.807, 2.05) is 49.5 Å². The van der Waals surface area contributed by atoms with E-state index in [9.17, 15) is 0 Å². The molecule has 1 aliphatic carbocycles. The Labute approximate surface area is 202 Å². The molecular formula is C23H33IN4O3. The number of ether oxygens (including phenoxy) is 3. The average Bonchev–Trinajstić information content (AvgIpc) is 3.59. The van der Waals surface area contributed by atoms with Crippen molar-refractivity contribution in [1.82, 2.24) is 10.3 Å². The number of pyridine rings is 1. The summed E-state index contributed by atoms with van der Waals surface area (Å²) in [5.74, 6) is 2.93. The highest BCUT2D eigenvalue weighted by Crippen LogP contribution is 2.29. The second-order valence-electron chi connectivity index (χ2n) is 7.30. The lowest BCUT2D eigenvalue weighted by atomic mass is 10.3. The van der Waals surface area contributed by atoms with E-state index in [0.717, 1.165) is 42.5 Å². The van der Waals surface area contributed by atoms with Crippen molar-refractivity contribution in [2.75, 3.05) is 38.8 Å². The van der Waals surface area contributed by atoms with Crippen molar-refractivity contribution in [2.24, 2.45) is 10.9 Å². The summed E-state index contributed by atoms with van der Waals surface area (Å²) in [5.41, 5.74) is 1.95. The Morgan fingerprint density at radius 3 is 2.74 bits per heavy atom. The molecule has 0 atom stereocenters. The van der Waals surface area contributed by atoms with Crippen LogP contribution in [-0.4, -0.2) is 44.4 Å². The van der Waals surface area contributed by atoms with Crippen molar-refractivity contribution in [3.63, 3.8) is 0 Å². The summed E-state index contributed by atoms with van der Waals surface area (Å²) in [7, 11) is 1.69. The number of anilines is 1. The smallest absolute Gasteiger partial charge is 0.213 e. The van der Waals surface area contributed by atoms with Gasteiger partial charge in [-0.25, -0.2) is 9.98 Å². The summed E-state index contributed by atoms with van der Waals surface area (Å²) < 4.78 is 16.5. The minimum Gasteiger partial charge on any atom is -0.493 e. The zero-order valence-corrected chi connectivity index (χ0v) is 20.6. The van der Waals surface area contributed by atoms with Gasteiger partial charge in [-0.2, -0.15) is 0 Å². The highest BCUT2D eigenvalue weighted by molar-refractivity contribution is 14.0. The van der Waals surface area contributed by atoms with Gasteiger partial charge in [0.05, 0.1) is 19.8 Å². The Hall–Kier alpha value is -2.07. The molecule has 7 nitrogen and oxygen atoms in total. The minimum atomic E-state index is 0. The molecule has 0 spiro atoms. The number of nitrogens with one attached hydrogen (secondary N) is 2. The fraction of sp³-hybridized carbons (Fsp3) is 0.478. The standard InChI is InChI=1S/C23H32N4O3.HI/c1-3-24-23(27-20-6-4-7-21(14-20)29-13-5-12-28-2)26-16-19-10-11-22(25-15-19)30-17-18-8-9-18;/h4,6-7,10-11,14-15,18H,3,5,8-9,12-13,16-17H2,1-2H3,(H2,24,26,27);1H. The number of aromatic nitrogens is 1. The number of hydrogen-bond acceptors (Lipinski definition) is 5. The molecule has 1 saturated carbocycles. The maximum Gasteiger partial charge on any atom is 0.213 e. The predicted octanol–water partition coefficient (Wildman–Crippen LogP) is 4.48. The zero-order chi connectivity index (χ0) is 21.0. The van der Waals surface area contributed by atoms with Crippen molar-refractivity contribution in [1.29, 1.82) is 0 Å². The third-order valence-electron chi connectivity index (χ3n) is 4.58. The molecule has 2 aromatic rings. The lowest BCUT2D eigenvalue weighted by molar-refractivity contribution is 0.172. The molecule has 170 valence electrons. The van der Waals surface area contributed by atoms with Crippen LogP contribution in [0.4, 0.5) is 5.69 Å². The van der Waals surface area contributed by atoms with E-state index in [1.165, 1.54) is 12.8 Å². The Bertz CT molecular complexity index is 798. The largest absolute Gasteiger partial charge is 0.493 e. The lowest BCUT2D eigenvalue weighted by Gasteiger charge is -2.13. The average molecular weight is 540 g/mol. The topological polar surface area (TPSA) is 77.0 Å². The van der Waals surface area contributed by atoms with Gasteiger partial charge < -0.3 is 24.8 Å². The van der Waals surface area contributed by atoms with Gasteiger partial charge in [0, 0.05) is 50.7 Å². The van der Waals surface area contributed by atoms with Crippen LogP contribution in [0.2, 0.25) is 0 Å². The number of nitrogens with zero attached hydrogens (tertiary/aromatic N) is 2. The highest BCUT2D eigenvalue weighted by Gasteiger charge is 2.22. The first-order chi connectivity index (χ1) is 14.8. The normalized spacial score (nSPS) is 13.3. The highest BCUT2D eigenvalue weighted by atomic mass is 127. The third-order valence-corrected chi connectivity index (χ3v) is 4.58. The first-order valence-electron chi connectivity index (χ1n) is 10.6. The Morgan fingerprint density at radius 1 is 1.16 bits per heavy atom. The first-order valence-corrected chi connectivity index (χ1v) is 10.6. The van der Waals surface area contributed by atoms with Gasteiger partial charge >= 0.3 is 0 Å². The summed E-state index contributed by atoms with van der Waals surface area (Å²) >= 11 is 0. The molecule has 0 saturated heterocycles. The minimum absolute atomic E-state index is 0. The number of halogens is 1. The van der Waals surface area contributed by atoms with Crippen LogP contribution in [0, 0.1) is 5.92 Å². The SMILES string of the molecule is CCNC(=NCc1ccc(OCC2CC2)nc1)Nc1cccc(OCCCOC)c1.I. The molecule has 0 aliphatic heterocycles. The second kappa shape index (κ2) is 14.1. The van der Waals surface area contributed by atoms with Gasteiger partial charge in [-0.05, 0) is 43.4 Å². The van der Waals surface area contributed by atoms with Crippen molar-refractivity contribution in [2.45, 2.75) is 32.7 Å². The molecule has 0 bridgehead atoms. The maximum atomic E-state index is 5.77. The van der Waals surface area contributed by atoms with E-state index in [-0.39, 0.29) is 24.0 Å². The van der Waals surface area contributed by atoms with Crippen molar-refractivity contribution in [3.8, 4) is 11.6 Å². The number of benzene rings is 1. The summed E-state index contributed by atoms with van der Waals surface area (Å²) in [4.78, 5) is 9.05. The number of methoxy groups -OCH3 is 1. The zero-order valence-electron chi connectivity index (χ0n) is 18.3. The van der Waals surface area contributed by atoms with Crippen molar-refractivity contribution >= 4 is 35.6 Å². The van der Waals surface area contributed by atoms with Crippen LogP contribution in [-0.2, 0) is 11.3 Å². The van der Waals surface area contributed by atoms with Crippen LogP contribution in [0.1, 0.15) is 31.7 Å². The van der Waals surface area contributed by atoms with Gasteiger partial charge in [0.15, 0.2) is 5.96 Å². The fourth-order valence-electron chi connectivity index (χ4n) is 2.75. The van der Waals surface area contributed by atoms with Gasteiger partial charge in [-0.15, -0.1) is 24.0 Å². The van der Waals surface area contributed by atoms with Gasteiger partial charge in [0.1, 0.15) is 5.75 Å². The Morgan fingerprint density at radius 2 is 2.03 bits per heavy atom. The quantitative estimate of drug-likeness (QED) is 0.179. The van der Waals surface area contributed by atoms with Crippen molar-refractivity contribution < 1.29 is 14.2 Å². The lowest BCUT2D eigenvalue weighted by Crippen LogP contribution is -2.30. The summed E-state index contributed by atoms with van der Waals surface area (Å²) in [6, 6.07) is 11.8. The van der Waals surface area contributed by atoms with Crippen LogP contribution in [0.25, 0.3) is 0 Å². The van der Waals surface area contributed by atoms with Gasteiger partial charge in [0.25, 0.3) is 0 Å². The second-order valence-corrected chi connectivity index (χ2v) is 7.30. The van der Waals surface area contributed by atoms with Crippen LogP contribution < -0.4 is 20.1 Å². The summed E-state index contributed by atoms with van der Waals surface area (Å²) in [6.07, 6.45) is 5.23. The molecule has 1 aromatic carbocycles. The van der Waals surface area contributed by atoms with Crippen LogP contribution >= 0.6 is 24.0 Å². The number of hydrogen-bond donors (Lipinski definition) is 2. The van der Waals surface area contributed by atoms with Gasteiger partial charge in [0.2, 0.25) is 5.88 Å². The van der Waals surface area contributed by atoms with E-state index in [0.29, 0.717) is 31.6 Å². The van der Waals surface area contributed by atoms with Gasteiger partial charge in [-0.3, -0.25) is 0 Å². The van der Waals surface area contributed by atoms with Crippen LogP contribution in [0.5, 0.6) is 11.6 Å². The van der Waals surface area contributed by atoms with Crippen LogP contribution in [0.3, 0.4) is 0 Å². The molecule has 1 aliphatic rings. The number of rotatable bonds is 12. The predicted molar refractivity (Wildman–Crippen MR) is 135 cm³/mol. The Kier molecular flexibility index (Phi) is 11.4. The third kappa shape index (κ3) is 9.73. The molecule has 1 aromatic heterocycles. The molecule has 0 unspecified atom stereocenters. The molecule has 8 heteroatoms. The van der Waals surface area contributed by atoms with Gasteiger partial charge in [-0.1, -0.05) is 12.1 Å². The molecular weight excluding hydrogens is 507 g/mol. The van der Waals surface area contributed by atoms with Crippen LogP contribution in [0.15, 0.2) is 47.6 Å². The fourth-order valence-corrected chi connectivity index (χ4v) is 2.75.